The fourth-order valence-corrected chi connectivity index (χ4v) is 8.55. The lowest BCUT2D eigenvalue weighted by atomic mass is 10.00. The molecule has 356 valence electrons. The van der Waals surface area contributed by atoms with Crippen molar-refractivity contribution in [3.63, 3.8) is 0 Å². The lowest BCUT2D eigenvalue weighted by molar-refractivity contribution is -0.297. The zero-order valence-corrected chi connectivity index (χ0v) is 38.9. The number of esters is 2. The van der Waals surface area contributed by atoms with E-state index in [0.29, 0.717) is 12.8 Å². The maximum absolute atomic E-state index is 12.8. The molecule has 0 saturated carbocycles. The summed E-state index contributed by atoms with van der Waals surface area (Å²) in [6.45, 7) is 3.80. The first-order valence-electron chi connectivity index (χ1n) is 24.6. The molecule has 0 aliphatic carbocycles. The molecule has 60 heavy (non-hydrogen) atoms. The minimum atomic E-state index is -4.60. The molecule has 1 fully saturated rings. The van der Waals surface area contributed by atoms with Gasteiger partial charge in [-0.3, -0.25) is 14.1 Å². The lowest BCUT2D eigenvalue weighted by Crippen LogP contribution is -2.60. The Balaban J connectivity index is 2.39. The minimum Gasteiger partial charge on any atom is -0.462 e. The zero-order chi connectivity index (χ0) is 44.1. The average molecular weight is 879 g/mol. The Kier molecular flexibility index (Phi) is 36.0. The van der Waals surface area contributed by atoms with Crippen LogP contribution in [-0.4, -0.2) is 96.0 Å². The van der Waals surface area contributed by atoms with Gasteiger partial charge in [0.1, 0.15) is 36.8 Å². The Morgan fingerprint density at radius 3 is 1.22 bits per heavy atom. The van der Waals surface area contributed by atoms with Gasteiger partial charge < -0.3 is 34.3 Å². The molecule has 12 nitrogen and oxygen atoms in total. The van der Waals surface area contributed by atoms with Gasteiger partial charge in [-0.05, 0) is 12.8 Å². The van der Waals surface area contributed by atoms with Crippen molar-refractivity contribution >= 4 is 22.1 Å². The van der Waals surface area contributed by atoms with Crippen molar-refractivity contribution in [2.75, 3.05) is 19.0 Å². The highest BCUT2D eigenvalue weighted by molar-refractivity contribution is 7.85. The topological polar surface area (TPSA) is 186 Å². The predicted octanol–water partition coefficient (Wildman–Crippen LogP) is 10.5. The molecule has 0 amide bonds. The molecule has 4 N–H and O–H groups in total. The molecule has 1 heterocycles. The van der Waals surface area contributed by atoms with Gasteiger partial charge in [-0.25, -0.2) is 0 Å². The first kappa shape index (κ1) is 56.7. The van der Waals surface area contributed by atoms with Crippen molar-refractivity contribution < 1.29 is 56.8 Å². The molecule has 0 aromatic heterocycles. The lowest BCUT2D eigenvalue weighted by Gasteiger charge is -2.40. The molecule has 0 spiro atoms. The van der Waals surface area contributed by atoms with Crippen molar-refractivity contribution in [3.8, 4) is 0 Å². The Hall–Kier alpha value is -1.35. The summed E-state index contributed by atoms with van der Waals surface area (Å²) in [5, 5.41) is 30.9. The maximum atomic E-state index is 12.8. The predicted molar refractivity (Wildman–Crippen MR) is 238 cm³/mol. The van der Waals surface area contributed by atoms with Gasteiger partial charge in [-0.15, -0.1) is 0 Å². The summed E-state index contributed by atoms with van der Waals surface area (Å²) in [4.78, 5) is 25.5. The summed E-state index contributed by atoms with van der Waals surface area (Å²) in [5.41, 5.74) is 0. The number of aliphatic hydroxyl groups excluding tert-OH is 3. The third-order valence-electron chi connectivity index (χ3n) is 11.7. The molecular formula is C47H90O12S. The highest BCUT2D eigenvalue weighted by Crippen LogP contribution is 2.24. The van der Waals surface area contributed by atoms with Crippen LogP contribution in [0.2, 0.25) is 0 Å². The van der Waals surface area contributed by atoms with Gasteiger partial charge in [-0.2, -0.15) is 8.42 Å². The van der Waals surface area contributed by atoms with Gasteiger partial charge in [-0.1, -0.05) is 206 Å². The minimum absolute atomic E-state index is 0.173. The van der Waals surface area contributed by atoms with Crippen LogP contribution in [0.25, 0.3) is 0 Å². The summed E-state index contributed by atoms with van der Waals surface area (Å²) in [7, 11) is -4.60. The fraction of sp³-hybridized carbons (Fsp3) is 0.957. The number of carbonyl (C=O) groups excluding carboxylic acids is 2. The van der Waals surface area contributed by atoms with E-state index in [1.54, 1.807) is 0 Å². The van der Waals surface area contributed by atoms with Crippen molar-refractivity contribution in [2.24, 2.45) is 0 Å². The van der Waals surface area contributed by atoms with E-state index in [1.165, 1.54) is 154 Å². The number of rotatable bonds is 42. The van der Waals surface area contributed by atoms with Crippen LogP contribution in [0.15, 0.2) is 0 Å². The van der Waals surface area contributed by atoms with E-state index in [0.717, 1.165) is 38.5 Å². The van der Waals surface area contributed by atoms with Crippen molar-refractivity contribution in [3.05, 3.63) is 0 Å². The van der Waals surface area contributed by atoms with Gasteiger partial charge in [0.15, 0.2) is 12.4 Å². The molecule has 0 aromatic carbocycles. The van der Waals surface area contributed by atoms with Crippen molar-refractivity contribution in [2.45, 2.75) is 269 Å². The number of carbonyl (C=O) groups is 2. The normalized spacial score (nSPS) is 20.0. The van der Waals surface area contributed by atoms with Crippen LogP contribution in [0.1, 0.15) is 232 Å². The second-order valence-corrected chi connectivity index (χ2v) is 19.0. The van der Waals surface area contributed by atoms with Crippen LogP contribution in [0, 0.1) is 0 Å². The zero-order valence-electron chi connectivity index (χ0n) is 38.1. The quantitative estimate of drug-likeness (QED) is 0.0259. The molecule has 1 rings (SSSR count). The third kappa shape index (κ3) is 32.3. The summed E-state index contributed by atoms with van der Waals surface area (Å²) in [6.07, 6.45) is 30.0. The van der Waals surface area contributed by atoms with Crippen LogP contribution in [-0.2, 0) is 38.7 Å². The monoisotopic (exact) mass is 879 g/mol. The Bertz CT molecular complexity index is 1120. The van der Waals surface area contributed by atoms with E-state index in [2.05, 4.69) is 13.8 Å². The van der Waals surface area contributed by atoms with Gasteiger partial charge in [0.25, 0.3) is 10.1 Å². The molecular weight excluding hydrogens is 789 g/mol. The standard InChI is InChI=1S/C47H90O12S/c1-3-5-7-9-11-13-15-17-19-20-22-24-26-28-30-32-34-36-43(49)58-40(38-57-47-46(52)45(51)44(50)41(59-47)39-60(53,54)55)37-56-42(48)35-33-31-29-27-25-23-21-18-16-14-12-10-8-6-4-2/h40-41,44-47,50-52H,3-39H2,1-2H3,(H,53,54,55)/t40-,41-,44-,45?,46?,47+/m1/s1. The SMILES string of the molecule is CCCCCCCCCCCCCCCCCCCC(=O)O[C@H](COC(=O)CCCCCCCCCCCCCCCCC)CO[C@H]1O[C@H](CS(=O)(=O)O)[C@@H](O)C(O)C1O. The number of aliphatic hydroxyl groups is 3. The summed E-state index contributed by atoms with van der Waals surface area (Å²) in [6, 6.07) is 0. The Labute approximate surface area is 365 Å². The molecule has 0 aromatic rings. The molecule has 1 aliphatic heterocycles. The largest absolute Gasteiger partial charge is 0.462 e. The number of hydrogen-bond acceptors (Lipinski definition) is 11. The van der Waals surface area contributed by atoms with E-state index in [4.69, 9.17) is 18.9 Å². The van der Waals surface area contributed by atoms with Crippen LogP contribution < -0.4 is 0 Å². The molecule has 0 bridgehead atoms. The second kappa shape index (κ2) is 38.1. The molecule has 13 heteroatoms. The highest BCUT2D eigenvalue weighted by Gasteiger charge is 2.46. The molecule has 1 saturated heterocycles. The maximum Gasteiger partial charge on any atom is 0.306 e. The van der Waals surface area contributed by atoms with Gasteiger partial charge >= 0.3 is 11.9 Å². The molecule has 0 radical (unpaired) electrons. The Morgan fingerprint density at radius 2 is 0.850 bits per heavy atom. The van der Waals surface area contributed by atoms with Crippen LogP contribution >= 0.6 is 0 Å². The first-order chi connectivity index (χ1) is 29.0. The smallest absolute Gasteiger partial charge is 0.306 e. The number of hydrogen-bond donors (Lipinski definition) is 4. The Morgan fingerprint density at radius 1 is 0.500 bits per heavy atom. The van der Waals surface area contributed by atoms with E-state index < -0.39 is 71.2 Å². The van der Waals surface area contributed by atoms with Crippen LogP contribution in [0.5, 0.6) is 0 Å². The number of unbranched alkanes of at least 4 members (excludes halogenated alkanes) is 30. The first-order valence-corrected chi connectivity index (χ1v) is 26.2. The highest BCUT2D eigenvalue weighted by atomic mass is 32.2. The fourth-order valence-electron chi connectivity index (χ4n) is 7.86. The average Bonchev–Trinajstić information content (AvgIpc) is 3.21. The summed E-state index contributed by atoms with van der Waals surface area (Å²) < 4.78 is 54.2. The van der Waals surface area contributed by atoms with Crippen LogP contribution in [0.4, 0.5) is 0 Å². The molecule has 2 unspecified atom stereocenters. The van der Waals surface area contributed by atoms with E-state index >= 15 is 0 Å². The summed E-state index contributed by atoms with van der Waals surface area (Å²) in [5.74, 6) is -1.96. The van der Waals surface area contributed by atoms with E-state index in [-0.39, 0.29) is 19.4 Å². The van der Waals surface area contributed by atoms with Gasteiger partial charge in [0.2, 0.25) is 0 Å². The van der Waals surface area contributed by atoms with Gasteiger partial charge in [0.05, 0.1) is 6.61 Å². The van der Waals surface area contributed by atoms with Crippen molar-refractivity contribution in [1.82, 2.24) is 0 Å². The number of ether oxygens (including phenoxy) is 4. The molecule has 6 atom stereocenters. The van der Waals surface area contributed by atoms with Crippen LogP contribution in [0.3, 0.4) is 0 Å². The van der Waals surface area contributed by atoms with Crippen molar-refractivity contribution in [1.29, 1.82) is 0 Å². The van der Waals surface area contributed by atoms with E-state index in [1.807, 2.05) is 0 Å². The molecule has 1 aliphatic rings. The van der Waals surface area contributed by atoms with Gasteiger partial charge in [0, 0.05) is 12.8 Å². The third-order valence-corrected chi connectivity index (χ3v) is 12.4. The van der Waals surface area contributed by atoms with E-state index in [9.17, 15) is 37.9 Å². The summed E-state index contributed by atoms with van der Waals surface area (Å²) >= 11 is 0. The second-order valence-electron chi connectivity index (χ2n) is 17.5.